The number of amides is 1. The normalized spacial score (nSPS) is 11.3. The van der Waals surface area contributed by atoms with E-state index in [0.29, 0.717) is 28.5 Å². The standard InChI is InChI=1S/C27H24N4O2S2/c1-17-5-9-19(10-6-17)14-29-22(32)16-34-27-30-23-21-4-3-13-28-25(21)35-24(23)26(33)31(27)15-20-11-7-18(2)8-12-20/h3-13H,14-16H2,1-2H3,(H,29,32). The number of carbonyl (C=O) groups is 1. The van der Waals surface area contributed by atoms with Crippen molar-refractivity contribution in [2.45, 2.75) is 32.1 Å². The van der Waals surface area contributed by atoms with Gasteiger partial charge in [0.1, 0.15) is 9.53 Å². The van der Waals surface area contributed by atoms with Crippen LogP contribution in [0.4, 0.5) is 0 Å². The number of aryl methyl sites for hydroxylation is 2. The summed E-state index contributed by atoms with van der Waals surface area (Å²) in [6.45, 7) is 4.91. The number of rotatable bonds is 7. The molecule has 8 heteroatoms. The minimum atomic E-state index is -0.110. The molecular weight excluding hydrogens is 476 g/mol. The molecule has 1 N–H and O–H groups in total. The van der Waals surface area contributed by atoms with Gasteiger partial charge in [-0.25, -0.2) is 9.97 Å². The van der Waals surface area contributed by atoms with Gasteiger partial charge in [0.25, 0.3) is 5.56 Å². The van der Waals surface area contributed by atoms with E-state index in [1.165, 1.54) is 28.7 Å². The number of hydrogen-bond donors (Lipinski definition) is 1. The zero-order valence-electron chi connectivity index (χ0n) is 19.4. The topological polar surface area (TPSA) is 76.9 Å². The van der Waals surface area contributed by atoms with Gasteiger partial charge in [0.15, 0.2) is 5.16 Å². The third-order valence-electron chi connectivity index (χ3n) is 5.72. The monoisotopic (exact) mass is 500 g/mol. The number of fused-ring (bicyclic) bond motifs is 3. The second-order valence-electron chi connectivity index (χ2n) is 8.46. The lowest BCUT2D eigenvalue weighted by Gasteiger charge is -2.12. The fourth-order valence-corrected chi connectivity index (χ4v) is 5.61. The lowest BCUT2D eigenvalue weighted by atomic mass is 10.1. The molecule has 0 aliphatic heterocycles. The Bertz CT molecular complexity index is 1570. The summed E-state index contributed by atoms with van der Waals surface area (Å²) in [7, 11) is 0. The maximum absolute atomic E-state index is 13.6. The Morgan fingerprint density at radius 2 is 1.69 bits per heavy atom. The minimum Gasteiger partial charge on any atom is -0.351 e. The molecule has 35 heavy (non-hydrogen) atoms. The van der Waals surface area contributed by atoms with Crippen molar-refractivity contribution in [2.75, 3.05) is 5.75 Å². The van der Waals surface area contributed by atoms with Crippen LogP contribution in [-0.2, 0) is 17.9 Å². The zero-order valence-corrected chi connectivity index (χ0v) is 21.1. The molecule has 5 aromatic rings. The van der Waals surface area contributed by atoms with Crippen molar-refractivity contribution >= 4 is 49.4 Å². The van der Waals surface area contributed by atoms with Crippen LogP contribution in [0.25, 0.3) is 20.4 Å². The molecule has 5 rings (SSSR count). The Hall–Kier alpha value is -3.49. The van der Waals surface area contributed by atoms with Crippen LogP contribution in [0.3, 0.4) is 0 Å². The number of nitrogens with one attached hydrogen (secondary N) is 1. The highest BCUT2D eigenvalue weighted by Gasteiger charge is 2.18. The number of benzene rings is 2. The van der Waals surface area contributed by atoms with Crippen molar-refractivity contribution in [1.29, 1.82) is 0 Å². The average molecular weight is 501 g/mol. The molecule has 3 heterocycles. The van der Waals surface area contributed by atoms with Crippen LogP contribution in [0.1, 0.15) is 22.3 Å². The molecule has 2 aromatic carbocycles. The SMILES string of the molecule is Cc1ccc(CNC(=O)CSc2nc3c(sc4ncccc43)c(=O)n2Cc2ccc(C)cc2)cc1. The summed E-state index contributed by atoms with van der Waals surface area (Å²) >= 11 is 2.64. The van der Waals surface area contributed by atoms with E-state index < -0.39 is 0 Å². The summed E-state index contributed by atoms with van der Waals surface area (Å²) in [6, 6.07) is 19.9. The van der Waals surface area contributed by atoms with Gasteiger partial charge in [-0.15, -0.1) is 11.3 Å². The third-order valence-corrected chi connectivity index (χ3v) is 7.79. The largest absolute Gasteiger partial charge is 0.351 e. The van der Waals surface area contributed by atoms with Crippen LogP contribution < -0.4 is 10.9 Å². The second-order valence-corrected chi connectivity index (χ2v) is 10.4. The van der Waals surface area contributed by atoms with Gasteiger partial charge in [-0.3, -0.25) is 14.2 Å². The first kappa shape index (κ1) is 23.3. The Morgan fingerprint density at radius 3 is 2.40 bits per heavy atom. The lowest BCUT2D eigenvalue weighted by Crippen LogP contribution is -2.26. The molecule has 0 saturated carbocycles. The van der Waals surface area contributed by atoms with Crippen LogP contribution >= 0.6 is 23.1 Å². The van der Waals surface area contributed by atoms with Crippen LogP contribution in [-0.4, -0.2) is 26.2 Å². The fourth-order valence-electron chi connectivity index (χ4n) is 3.75. The molecule has 0 aliphatic carbocycles. The first-order chi connectivity index (χ1) is 17.0. The van der Waals surface area contributed by atoms with E-state index in [-0.39, 0.29) is 17.2 Å². The van der Waals surface area contributed by atoms with Crippen molar-refractivity contribution in [1.82, 2.24) is 19.9 Å². The molecule has 0 aliphatic rings. The van der Waals surface area contributed by atoms with Gasteiger partial charge >= 0.3 is 0 Å². The number of thiophene rings is 1. The molecule has 3 aromatic heterocycles. The van der Waals surface area contributed by atoms with Gasteiger partial charge in [0.2, 0.25) is 5.91 Å². The van der Waals surface area contributed by atoms with Crippen molar-refractivity contribution in [3.8, 4) is 0 Å². The highest BCUT2D eigenvalue weighted by atomic mass is 32.2. The summed E-state index contributed by atoms with van der Waals surface area (Å²) in [4.78, 5) is 36.2. The summed E-state index contributed by atoms with van der Waals surface area (Å²) in [6.07, 6.45) is 1.72. The number of aromatic nitrogens is 3. The van der Waals surface area contributed by atoms with Crippen molar-refractivity contribution < 1.29 is 4.79 Å². The molecule has 0 fully saturated rings. The molecule has 0 saturated heterocycles. The maximum atomic E-state index is 13.6. The molecule has 0 atom stereocenters. The van der Waals surface area contributed by atoms with Gasteiger partial charge in [0.05, 0.1) is 17.8 Å². The minimum absolute atomic E-state index is 0.108. The van der Waals surface area contributed by atoms with Crippen LogP contribution in [0.5, 0.6) is 0 Å². The highest BCUT2D eigenvalue weighted by molar-refractivity contribution is 7.99. The van der Waals surface area contributed by atoms with Crippen molar-refractivity contribution in [3.63, 3.8) is 0 Å². The van der Waals surface area contributed by atoms with Gasteiger partial charge in [0, 0.05) is 18.1 Å². The number of nitrogens with zero attached hydrogens (tertiary/aromatic N) is 3. The molecule has 0 unspecified atom stereocenters. The van der Waals surface area contributed by atoms with Gasteiger partial charge in [-0.1, -0.05) is 71.4 Å². The Labute approximate surface area is 211 Å². The van der Waals surface area contributed by atoms with E-state index in [1.807, 2.05) is 74.5 Å². The van der Waals surface area contributed by atoms with E-state index >= 15 is 0 Å². The van der Waals surface area contributed by atoms with E-state index in [9.17, 15) is 9.59 Å². The summed E-state index contributed by atoms with van der Waals surface area (Å²) in [5.74, 6) is 0.0570. The molecule has 0 radical (unpaired) electrons. The zero-order chi connectivity index (χ0) is 24.4. The predicted octanol–water partition coefficient (Wildman–Crippen LogP) is 5.08. The van der Waals surface area contributed by atoms with Crippen LogP contribution in [0.2, 0.25) is 0 Å². The summed E-state index contributed by atoms with van der Waals surface area (Å²) < 4.78 is 2.25. The van der Waals surface area contributed by atoms with E-state index in [4.69, 9.17) is 4.98 Å². The van der Waals surface area contributed by atoms with Crippen molar-refractivity contribution in [3.05, 3.63) is 99.5 Å². The molecule has 6 nitrogen and oxygen atoms in total. The first-order valence-electron chi connectivity index (χ1n) is 11.3. The lowest BCUT2D eigenvalue weighted by molar-refractivity contribution is -0.118. The smallest absolute Gasteiger partial charge is 0.272 e. The Kier molecular flexibility index (Phi) is 6.66. The molecule has 0 spiro atoms. The van der Waals surface area contributed by atoms with Gasteiger partial charge < -0.3 is 5.32 Å². The number of hydrogen-bond acceptors (Lipinski definition) is 6. The maximum Gasteiger partial charge on any atom is 0.272 e. The second kappa shape index (κ2) is 10.0. The van der Waals surface area contributed by atoms with Crippen LogP contribution in [0, 0.1) is 13.8 Å². The number of thioether (sulfide) groups is 1. The Balaban J connectivity index is 1.44. The van der Waals surface area contributed by atoms with Gasteiger partial charge in [-0.2, -0.15) is 0 Å². The third kappa shape index (κ3) is 5.13. The fraction of sp³-hybridized carbons (Fsp3) is 0.185. The molecule has 1 amide bonds. The molecule has 0 bridgehead atoms. The molecule has 176 valence electrons. The van der Waals surface area contributed by atoms with Crippen LogP contribution in [0.15, 0.2) is 76.8 Å². The summed E-state index contributed by atoms with van der Waals surface area (Å²) in [5, 5.41) is 4.34. The van der Waals surface area contributed by atoms with E-state index in [0.717, 1.165) is 26.9 Å². The molecular formula is C27H24N4O2S2. The van der Waals surface area contributed by atoms with Crippen molar-refractivity contribution in [2.24, 2.45) is 0 Å². The van der Waals surface area contributed by atoms with E-state index in [1.54, 1.807) is 10.8 Å². The quantitative estimate of drug-likeness (QED) is 0.249. The average Bonchev–Trinajstić information content (AvgIpc) is 3.24. The highest BCUT2D eigenvalue weighted by Crippen LogP contribution is 2.30. The first-order valence-corrected chi connectivity index (χ1v) is 13.1. The number of pyridine rings is 1. The summed E-state index contributed by atoms with van der Waals surface area (Å²) in [5.41, 5.74) is 4.92. The predicted molar refractivity (Wildman–Crippen MR) is 143 cm³/mol. The van der Waals surface area contributed by atoms with E-state index in [2.05, 4.69) is 10.3 Å². The Morgan fingerprint density at radius 1 is 1.00 bits per heavy atom. The van der Waals surface area contributed by atoms with Gasteiger partial charge in [-0.05, 0) is 37.1 Å². The number of carbonyl (C=O) groups excluding carboxylic acids is 1.